The highest BCUT2D eigenvalue weighted by molar-refractivity contribution is 5.16. The van der Waals surface area contributed by atoms with E-state index in [-0.39, 0.29) is 5.82 Å². The Morgan fingerprint density at radius 3 is 2.00 bits per heavy atom. The summed E-state index contributed by atoms with van der Waals surface area (Å²) in [6.45, 7) is 1.01. The fourth-order valence-corrected chi connectivity index (χ4v) is 3.49. The SMILES string of the molecule is Fc1ccc(CN2C3CCCC2CCC3)cc1. The normalized spacial score (nSPS) is 29.2. The molecule has 92 valence electrons. The van der Waals surface area contributed by atoms with Gasteiger partial charge in [-0.3, -0.25) is 4.90 Å². The number of rotatable bonds is 2. The molecule has 0 aromatic heterocycles. The molecule has 0 radical (unpaired) electrons. The molecule has 1 aromatic carbocycles. The molecule has 3 rings (SSSR count). The molecule has 2 aliphatic rings. The number of hydrogen-bond donors (Lipinski definition) is 0. The Morgan fingerprint density at radius 1 is 0.941 bits per heavy atom. The molecule has 0 atom stereocenters. The van der Waals surface area contributed by atoms with E-state index in [0.717, 1.165) is 18.6 Å². The minimum absolute atomic E-state index is 0.132. The van der Waals surface area contributed by atoms with E-state index in [1.165, 1.54) is 44.1 Å². The third-order valence-corrected chi connectivity index (χ3v) is 4.37. The molecule has 2 bridgehead atoms. The molecule has 2 aliphatic heterocycles. The standard InChI is InChI=1S/C15H20FN/c16-13-9-7-12(8-10-13)11-17-14-3-1-4-15(17)6-2-5-14/h7-10,14-15H,1-6,11H2. The third-order valence-electron chi connectivity index (χ3n) is 4.37. The molecule has 2 heterocycles. The smallest absolute Gasteiger partial charge is 0.123 e. The van der Waals surface area contributed by atoms with Crippen LogP contribution in [-0.4, -0.2) is 17.0 Å². The van der Waals surface area contributed by atoms with E-state index < -0.39 is 0 Å². The first-order valence-corrected chi connectivity index (χ1v) is 6.83. The second-order valence-corrected chi connectivity index (χ2v) is 5.47. The molecule has 0 amide bonds. The number of piperidine rings is 2. The van der Waals surface area contributed by atoms with Gasteiger partial charge in [0.25, 0.3) is 0 Å². The summed E-state index contributed by atoms with van der Waals surface area (Å²) in [5.74, 6) is -0.132. The van der Waals surface area contributed by atoms with Gasteiger partial charge in [0, 0.05) is 18.6 Å². The number of hydrogen-bond acceptors (Lipinski definition) is 1. The minimum atomic E-state index is -0.132. The second-order valence-electron chi connectivity index (χ2n) is 5.47. The Labute approximate surface area is 103 Å². The van der Waals surface area contributed by atoms with E-state index in [4.69, 9.17) is 0 Å². The molecule has 2 fully saturated rings. The van der Waals surface area contributed by atoms with Crippen molar-refractivity contribution >= 4 is 0 Å². The quantitative estimate of drug-likeness (QED) is 0.752. The lowest BCUT2D eigenvalue weighted by Crippen LogP contribution is -2.48. The van der Waals surface area contributed by atoms with Crippen LogP contribution in [0, 0.1) is 5.82 Å². The van der Waals surface area contributed by atoms with Crippen molar-refractivity contribution in [2.75, 3.05) is 0 Å². The highest BCUT2D eigenvalue weighted by Gasteiger charge is 2.33. The number of benzene rings is 1. The molecule has 2 saturated heterocycles. The lowest BCUT2D eigenvalue weighted by Gasteiger charge is -2.46. The third kappa shape index (κ3) is 2.37. The maximum Gasteiger partial charge on any atom is 0.123 e. The fraction of sp³-hybridized carbons (Fsp3) is 0.600. The van der Waals surface area contributed by atoms with Crippen molar-refractivity contribution < 1.29 is 4.39 Å². The van der Waals surface area contributed by atoms with Gasteiger partial charge < -0.3 is 0 Å². The van der Waals surface area contributed by atoms with Crippen molar-refractivity contribution in [3.63, 3.8) is 0 Å². The van der Waals surface area contributed by atoms with Crippen LogP contribution in [0.25, 0.3) is 0 Å². The Hall–Kier alpha value is -0.890. The Morgan fingerprint density at radius 2 is 1.47 bits per heavy atom. The number of nitrogens with zero attached hydrogens (tertiary/aromatic N) is 1. The van der Waals surface area contributed by atoms with Crippen molar-refractivity contribution in [2.45, 2.75) is 57.2 Å². The van der Waals surface area contributed by atoms with Crippen LogP contribution < -0.4 is 0 Å². The summed E-state index contributed by atoms with van der Waals surface area (Å²) in [4.78, 5) is 2.67. The van der Waals surface area contributed by atoms with E-state index in [1.807, 2.05) is 12.1 Å². The van der Waals surface area contributed by atoms with Crippen LogP contribution in [0.5, 0.6) is 0 Å². The van der Waals surface area contributed by atoms with Crippen LogP contribution in [0.1, 0.15) is 44.1 Å². The van der Waals surface area contributed by atoms with Crippen molar-refractivity contribution in [1.82, 2.24) is 4.90 Å². The van der Waals surface area contributed by atoms with Crippen LogP contribution in [0.15, 0.2) is 24.3 Å². The lowest BCUT2D eigenvalue weighted by molar-refractivity contribution is 0.0332. The predicted octanol–water partition coefficient (Wildman–Crippen LogP) is 3.73. The molecule has 1 aromatic rings. The van der Waals surface area contributed by atoms with Gasteiger partial charge in [-0.2, -0.15) is 0 Å². The minimum Gasteiger partial charge on any atom is -0.293 e. The number of fused-ring (bicyclic) bond motifs is 2. The summed E-state index contributed by atoms with van der Waals surface area (Å²) in [6.07, 6.45) is 8.23. The summed E-state index contributed by atoms with van der Waals surface area (Å²) in [5, 5.41) is 0. The predicted molar refractivity (Wildman–Crippen MR) is 67.2 cm³/mol. The Kier molecular flexibility index (Phi) is 3.15. The summed E-state index contributed by atoms with van der Waals surface area (Å²) in [7, 11) is 0. The fourth-order valence-electron chi connectivity index (χ4n) is 3.49. The average molecular weight is 233 g/mol. The molecule has 1 nitrogen and oxygen atoms in total. The van der Waals surface area contributed by atoms with E-state index >= 15 is 0 Å². The highest BCUT2D eigenvalue weighted by Crippen LogP contribution is 2.34. The average Bonchev–Trinajstić information content (AvgIpc) is 2.32. The zero-order valence-corrected chi connectivity index (χ0v) is 10.2. The van der Waals surface area contributed by atoms with Gasteiger partial charge in [0.1, 0.15) is 5.82 Å². The molecular formula is C15H20FN. The first-order valence-electron chi connectivity index (χ1n) is 6.83. The van der Waals surface area contributed by atoms with Gasteiger partial charge in [-0.1, -0.05) is 25.0 Å². The van der Waals surface area contributed by atoms with Crippen LogP contribution in [-0.2, 0) is 6.54 Å². The first-order chi connectivity index (χ1) is 8.33. The lowest BCUT2D eigenvalue weighted by atomic mass is 9.84. The monoisotopic (exact) mass is 233 g/mol. The van der Waals surface area contributed by atoms with Crippen LogP contribution in [0.3, 0.4) is 0 Å². The Balaban J connectivity index is 1.73. The molecule has 17 heavy (non-hydrogen) atoms. The molecular weight excluding hydrogens is 213 g/mol. The van der Waals surface area contributed by atoms with Crippen LogP contribution >= 0.6 is 0 Å². The molecule has 0 N–H and O–H groups in total. The molecule has 0 unspecified atom stereocenters. The topological polar surface area (TPSA) is 3.24 Å². The van der Waals surface area contributed by atoms with Crippen molar-refractivity contribution in [2.24, 2.45) is 0 Å². The van der Waals surface area contributed by atoms with Gasteiger partial charge >= 0.3 is 0 Å². The van der Waals surface area contributed by atoms with Gasteiger partial charge in [-0.05, 0) is 43.4 Å². The second kappa shape index (κ2) is 4.77. The van der Waals surface area contributed by atoms with Crippen LogP contribution in [0.2, 0.25) is 0 Å². The van der Waals surface area contributed by atoms with Crippen LogP contribution in [0.4, 0.5) is 4.39 Å². The van der Waals surface area contributed by atoms with Gasteiger partial charge in [0.05, 0.1) is 0 Å². The van der Waals surface area contributed by atoms with Crippen molar-refractivity contribution in [1.29, 1.82) is 0 Å². The highest BCUT2D eigenvalue weighted by atomic mass is 19.1. The molecule has 0 saturated carbocycles. The molecule has 0 aliphatic carbocycles. The largest absolute Gasteiger partial charge is 0.293 e. The number of halogens is 1. The van der Waals surface area contributed by atoms with Crippen molar-refractivity contribution in [3.8, 4) is 0 Å². The van der Waals surface area contributed by atoms with Gasteiger partial charge in [0.15, 0.2) is 0 Å². The summed E-state index contributed by atoms with van der Waals surface area (Å²) in [6, 6.07) is 8.59. The summed E-state index contributed by atoms with van der Waals surface area (Å²) >= 11 is 0. The van der Waals surface area contributed by atoms with E-state index in [2.05, 4.69) is 4.90 Å². The maximum atomic E-state index is 12.9. The summed E-state index contributed by atoms with van der Waals surface area (Å²) < 4.78 is 12.9. The first kappa shape index (κ1) is 11.2. The summed E-state index contributed by atoms with van der Waals surface area (Å²) in [5.41, 5.74) is 1.25. The van der Waals surface area contributed by atoms with Gasteiger partial charge in [0.2, 0.25) is 0 Å². The molecule has 0 spiro atoms. The van der Waals surface area contributed by atoms with Crippen molar-refractivity contribution in [3.05, 3.63) is 35.6 Å². The Bertz CT molecular complexity index is 351. The zero-order chi connectivity index (χ0) is 11.7. The maximum absolute atomic E-state index is 12.9. The zero-order valence-electron chi connectivity index (χ0n) is 10.2. The van der Waals surface area contributed by atoms with E-state index in [9.17, 15) is 4.39 Å². The van der Waals surface area contributed by atoms with E-state index in [0.29, 0.717) is 0 Å². The van der Waals surface area contributed by atoms with Gasteiger partial charge in [-0.15, -0.1) is 0 Å². The molecule has 2 heteroatoms. The van der Waals surface area contributed by atoms with Gasteiger partial charge in [-0.25, -0.2) is 4.39 Å². The van der Waals surface area contributed by atoms with E-state index in [1.54, 1.807) is 12.1 Å².